The van der Waals surface area contributed by atoms with Gasteiger partial charge in [-0.05, 0) is 41.3 Å². The van der Waals surface area contributed by atoms with Crippen LogP contribution in [0, 0.1) is 0 Å². The van der Waals surface area contributed by atoms with Crippen molar-refractivity contribution in [3.05, 3.63) is 46.7 Å². The first-order valence-electron chi connectivity index (χ1n) is 8.45. The van der Waals surface area contributed by atoms with Gasteiger partial charge < -0.3 is 14.8 Å². The highest BCUT2D eigenvalue weighted by molar-refractivity contribution is 7.08. The van der Waals surface area contributed by atoms with E-state index in [-0.39, 0.29) is 6.54 Å². The predicted octanol–water partition coefficient (Wildman–Crippen LogP) is 1.66. The number of ether oxygens (including phenoxy) is 2. The van der Waals surface area contributed by atoms with Crippen molar-refractivity contribution in [2.75, 3.05) is 7.11 Å². The second-order valence-corrected chi connectivity index (χ2v) is 6.63. The van der Waals surface area contributed by atoms with Gasteiger partial charge in [-0.25, -0.2) is 4.79 Å². The van der Waals surface area contributed by atoms with Crippen molar-refractivity contribution in [3.8, 4) is 17.1 Å². The van der Waals surface area contributed by atoms with E-state index >= 15 is 0 Å². The molecule has 28 heavy (non-hydrogen) atoms. The van der Waals surface area contributed by atoms with Crippen LogP contribution in [0.1, 0.15) is 12.5 Å². The first-order valence-corrected chi connectivity index (χ1v) is 9.40. The van der Waals surface area contributed by atoms with E-state index in [2.05, 4.69) is 20.7 Å². The molecular formula is C18H19N5O4S. The number of carbonyl (C=O) groups is 2. The fourth-order valence-corrected chi connectivity index (χ4v) is 2.93. The number of hydrogen-bond donors (Lipinski definition) is 1. The summed E-state index contributed by atoms with van der Waals surface area (Å²) in [6.07, 6.45) is -0.939. The van der Waals surface area contributed by atoms with Crippen LogP contribution in [0.4, 0.5) is 0 Å². The Morgan fingerprint density at radius 2 is 2.04 bits per heavy atom. The number of aromatic nitrogens is 4. The Labute approximate surface area is 165 Å². The molecular weight excluding hydrogens is 382 g/mol. The molecule has 0 aliphatic heterocycles. The molecule has 0 bridgehead atoms. The third-order valence-electron chi connectivity index (χ3n) is 3.81. The van der Waals surface area contributed by atoms with E-state index in [9.17, 15) is 9.59 Å². The molecule has 0 unspecified atom stereocenters. The van der Waals surface area contributed by atoms with E-state index in [1.165, 1.54) is 18.3 Å². The van der Waals surface area contributed by atoms with Gasteiger partial charge in [0.2, 0.25) is 5.82 Å². The number of carbonyl (C=O) groups excluding carboxylic acids is 2. The van der Waals surface area contributed by atoms with Crippen molar-refractivity contribution in [2.45, 2.75) is 26.1 Å². The van der Waals surface area contributed by atoms with Crippen LogP contribution in [0.2, 0.25) is 0 Å². The van der Waals surface area contributed by atoms with E-state index in [0.717, 1.165) is 21.7 Å². The van der Waals surface area contributed by atoms with Crippen molar-refractivity contribution >= 4 is 23.2 Å². The lowest BCUT2D eigenvalue weighted by atomic mass is 10.2. The minimum absolute atomic E-state index is 0.229. The fourth-order valence-electron chi connectivity index (χ4n) is 2.30. The van der Waals surface area contributed by atoms with Crippen LogP contribution in [0.5, 0.6) is 5.75 Å². The molecule has 0 spiro atoms. The zero-order valence-electron chi connectivity index (χ0n) is 15.4. The molecule has 1 N–H and O–H groups in total. The first kappa shape index (κ1) is 19.5. The zero-order valence-corrected chi connectivity index (χ0v) is 16.2. The highest BCUT2D eigenvalue weighted by Gasteiger charge is 2.19. The summed E-state index contributed by atoms with van der Waals surface area (Å²) in [6, 6.07) is 9.16. The van der Waals surface area contributed by atoms with Crippen molar-refractivity contribution in [2.24, 2.45) is 0 Å². The number of thiophene rings is 1. The zero-order chi connectivity index (χ0) is 19.9. The molecule has 2 heterocycles. The second kappa shape index (κ2) is 9.09. The van der Waals surface area contributed by atoms with Crippen LogP contribution in [0.15, 0.2) is 41.1 Å². The molecule has 0 saturated heterocycles. The number of nitrogens with zero attached hydrogens (tertiary/aromatic N) is 4. The van der Waals surface area contributed by atoms with Crippen molar-refractivity contribution in [1.29, 1.82) is 0 Å². The quantitative estimate of drug-likeness (QED) is 0.572. The summed E-state index contributed by atoms with van der Waals surface area (Å²) in [5, 5.41) is 18.3. The molecule has 10 heteroatoms. The van der Waals surface area contributed by atoms with Crippen molar-refractivity contribution < 1.29 is 19.1 Å². The van der Waals surface area contributed by atoms with Gasteiger partial charge in [0.25, 0.3) is 5.91 Å². The Bertz CT molecular complexity index is 924. The number of tetrazole rings is 1. The van der Waals surface area contributed by atoms with E-state index in [1.807, 2.05) is 29.0 Å². The lowest BCUT2D eigenvalue weighted by Gasteiger charge is -2.13. The molecule has 0 aliphatic carbocycles. The maximum absolute atomic E-state index is 12.1. The number of hydrogen-bond acceptors (Lipinski definition) is 8. The normalized spacial score (nSPS) is 11.6. The lowest BCUT2D eigenvalue weighted by molar-refractivity contribution is -0.155. The third-order valence-corrected chi connectivity index (χ3v) is 4.49. The number of rotatable bonds is 8. The predicted molar refractivity (Wildman–Crippen MR) is 102 cm³/mol. The highest BCUT2D eigenvalue weighted by atomic mass is 32.1. The molecule has 0 saturated carbocycles. The third kappa shape index (κ3) is 5.13. The van der Waals surface area contributed by atoms with Gasteiger partial charge in [0, 0.05) is 17.5 Å². The maximum Gasteiger partial charge on any atom is 0.330 e. The molecule has 1 atom stereocenters. The average Bonchev–Trinajstić information content (AvgIpc) is 3.38. The summed E-state index contributed by atoms with van der Waals surface area (Å²) in [6.45, 7) is 1.60. The summed E-state index contributed by atoms with van der Waals surface area (Å²) in [5.41, 5.74) is 1.73. The topological polar surface area (TPSA) is 108 Å². The number of esters is 1. The summed E-state index contributed by atoms with van der Waals surface area (Å²) < 4.78 is 10.2. The molecule has 3 aromatic rings. The van der Waals surface area contributed by atoms with Crippen LogP contribution in [-0.4, -0.2) is 45.3 Å². The van der Waals surface area contributed by atoms with E-state index in [0.29, 0.717) is 12.4 Å². The van der Waals surface area contributed by atoms with Gasteiger partial charge in [0.1, 0.15) is 5.75 Å². The molecule has 146 valence electrons. The molecule has 2 aromatic heterocycles. The van der Waals surface area contributed by atoms with Gasteiger partial charge in [-0.15, -0.1) is 10.2 Å². The summed E-state index contributed by atoms with van der Waals surface area (Å²) >= 11 is 1.51. The van der Waals surface area contributed by atoms with E-state index in [1.54, 1.807) is 19.2 Å². The molecule has 1 amide bonds. The summed E-state index contributed by atoms with van der Waals surface area (Å²) in [7, 11) is 1.59. The van der Waals surface area contributed by atoms with Crippen LogP contribution in [0.25, 0.3) is 11.4 Å². The minimum atomic E-state index is -0.939. The maximum atomic E-state index is 12.1. The van der Waals surface area contributed by atoms with Gasteiger partial charge in [-0.1, -0.05) is 12.1 Å². The summed E-state index contributed by atoms with van der Waals surface area (Å²) in [5.74, 6) is 0.150. The Hall–Kier alpha value is -3.27. The smallest absolute Gasteiger partial charge is 0.330 e. The van der Waals surface area contributed by atoms with E-state index < -0.39 is 18.0 Å². The van der Waals surface area contributed by atoms with Crippen LogP contribution >= 0.6 is 11.3 Å². The molecule has 1 aromatic carbocycles. The van der Waals surface area contributed by atoms with Crippen LogP contribution < -0.4 is 10.1 Å². The van der Waals surface area contributed by atoms with Gasteiger partial charge in [-0.3, -0.25) is 4.79 Å². The molecule has 0 aliphatic rings. The Kier molecular flexibility index (Phi) is 6.33. The molecule has 0 fully saturated rings. The van der Waals surface area contributed by atoms with Crippen molar-refractivity contribution in [1.82, 2.24) is 25.5 Å². The lowest BCUT2D eigenvalue weighted by Crippen LogP contribution is -2.36. The Morgan fingerprint density at radius 3 is 2.71 bits per heavy atom. The second-order valence-electron chi connectivity index (χ2n) is 5.85. The fraction of sp³-hybridized carbons (Fsp3) is 0.278. The molecule has 0 radical (unpaired) electrons. The van der Waals surface area contributed by atoms with Gasteiger partial charge in [0.15, 0.2) is 12.6 Å². The van der Waals surface area contributed by atoms with Gasteiger partial charge in [-0.2, -0.15) is 16.1 Å². The van der Waals surface area contributed by atoms with Gasteiger partial charge in [0.05, 0.1) is 7.11 Å². The largest absolute Gasteiger partial charge is 0.497 e. The first-order chi connectivity index (χ1) is 13.5. The van der Waals surface area contributed by atoms with Crippen LogP contribution in [-0.2, 0) is 27.4 Å². The molecule has 3 rings (SSSR count). The number of nitrogens with one attached hydrogen (secondary N) is 1. The number of methoxy groups -OCH3 is 1. The van der Waals surface area contributed by atoms with Crippen molar-refractivity contribution in [3.63, 3.8) is 0 Å². The van der Waals surface area contributed by atoms with E-state index in [4.69, 9.17) is 9.47 Å². The standard InChI is InChI=1S/C18H19N5O4S/c1-12(18(25)19-9-13-3-5-15(26-2)6-4-13)27-16(24)10-23-21-17(20-22-23)14-7-8-28-11-14/h3-8,11-12H,9-10H2,1-2H3,(H,19,25)/t12-/m0/s1. The van der Waals surface area contributed by atoms with Gasteiger partial charge >= 0.3 is 5.97 Å². The SMILES string of the molecule is COc1ccc(CNC(=O)[C@H](C)OC(=O)Cn2nnc(-c3ccsc3)n2)cc1. The highest BCUT2D eigenvalue weighted by Crippen LogP contribution is 2.16. The Morgan fingerprint density at radius 1 is 1.25 bits per heavy atom. The minimum Gasteiger partial charge on any atom is -0.497 e. The number of amides is 1. The van der Waals surface area contributed by atoms with Crippen LogP contribution in [0.3, 0.4) is 0 Å². The Balaban J connectivity index is 1.46. The molecule has 9 nitrogen and oxygen atoms in total. The average molecular weight is 401 g/mol. The monoisotopic (exact) mass is 401 g/mol. The summed E-state index contributed by atoms with van der Waals surface area (Å²) in [4.78, 5) is 25.3. The number of benzene rings is 1.